The van der Waals surface area contributed by atoms with Gasteiger partial charge in [0.05, 0.1) is 6.42 Å². The lowest BCUT2D eigenvalue weighted by Crippen LogP contribution is -2.36. The number of nitrogens with zero attached hydrogens (tertiary/aromatic N) is 1. The molecule has 1 aliphatic rings. The molecule has 1 aliphatic heterocycles. The third-order valence-corrected chi connectivity index (χ3v) is 3.38. The van der Waals surface area contributed by atoms with Crippen LogP contribution in [0.5, 0.6) is 0 Å². The maximum absolute atomic E-state index is 12.0. The van der Waals surface area contributed by atoms with Crippen LogP contribution >= 0.6 is 11.6 Å². The van der Waals surface area contributed by atoms with Crippen LogP contribution in [0.4, 0.5) is 0 Å². The van der Waals surface area contributed by atoms with Gasteiger partial charge in [0.1, 0.15) is 0 Å². The molecule has 0 N–H and O–H groups in total. The first-order chi connectivity index (χ1) is 7.77. The summed E-state index contributed by atoms with van der Waals surface area (Å²) in [5.74, 6) is 0.202. The molecule has 2 nitrogen and oxygen atoms in total. The number of hydrogen-bond donors (Lipinski definition) is 0. The molecule has 1 heterocycles. The van der Waals surface area contributed by atoms with Gasteiger partial charge in [0.15, 0.2) is 0 Å². The molecule has 0 saturated carbocycles. The zero-order valence-corrected chi connectivity index (χ0v) is 10.0. The van der Waals surface area contributed by atoms with E-state index in [0.29, 0.717) is 11.4 Å². The first kappa shape index (κ1) is 11.5. The molecule has 1 amide bonds. The van der Waals surface area contributed by atoms with E-state index in [1.54, 1.807) is 0 Å². The van der Waals surface area contributed by atoms with Gasteiger partial charge < -0.3 is 4.90 Å². The molecule has 3 heteroatoms. The normalized spacial score (nSPS) is 16.2. The first-order valence-corrected chi connectivity index (χ1v) is 6.16. The molecule has 16 heavy (non-hydrogen) atoms. The second kappa shape index (κ2) is 5.35. The zero-order chi connectivity index (χ0) is 11.4. The fraction of sp³-hybridized carbons (Fsp3) is 0.462. The highest BCUT2D eigenvalue weighted by Gasteiger charge is 2.17. The number of piperidine rings is 1. The molecule has 1 fully saturated rings. The van der Waals surface area contributed by atoms with E-state index in [9.17, 15) is 4.79 Å². The van der Waals surface area contributed by atoms with E-state index >= 15 is 0 Å². The van der Waals surface area contributed by atoms with Crippen LogP contribution in [0.1, 0.15) is 24.8 Å². The minimum atomic E-state index is 0.202. The molecule has 0 aliphatic carbocycles. The molecule has 0 atom stereocenters. The minimum absolute atomic E-state index is 0.202. The number of likely N-dealkylation sites (tertiary alicyclic amines) is 1. The average Bonchev–Trinajstić information content (AvgIpc) is 2.33. The van der Waals surface area contributed by atoms with Crippen LogP contribution in [0, 0.1) is 0 Å². The minimum Gasteiger partial charge on any atom is -0.342 e. The van der Waals surface area contributed by atoms with Crippen molar-refractivity contribution in [2.45, 2.75) is 25.7 Å². The van der Waals surface area contributed by atoms with Crippen LogP contribution in [0.2, 0.25) is 5.02 Å². The van der Waals surface area contributed by atoms with E-state index in [1.807, 2.05) is 29.2 Å². The van der Waals surface area contributed by atoms with Crippen LogP contribution in [0.25, 0.3) is 0 Å². The Balaban J connectivity index is 1.99. The van der Waals surface area contributed by atoms with Gasteiger partial charge in [0.25, 0.3) is 0 Å². The maximum Gasteiger partial charge on any atom is 0.227 e. The van der Waals surface area contributed by atoms with Crippen LogP contribution in [-0.2, 0) is 11.2 Å². The summed E-state index contributed by atoms with van der Waals surface area (Å²) in [4.78, 5) is 13.9. The highest BCUT2D eigenvalue weighted by molar-refractivity contribution is 6.31. The molecule has 0 spiro atoms. The van der Waals surface area contributed by atoms with Gasteiger partial charge >= 0.3 is 0 Å². The Morgan fingerprint density at radius 3 is 2.56 bits per heavy atom. The van der Waals surface area contributed by atoms with Crippen molar-refractivity contribution >= 4 is 17.5 Å². The number of amides is 1. The van der Waals surface area contributed by atoms with Crippen molar-refractivity contribution in [1.82, 2.24) is 4.90 Å². The molecular weight excluding hydrogens is 222 g/mol. The van der Waals surface area contributed by atoms with E-state index in [0.717, 1.165) is 31.5 Å². The lowest BCUT2D eigenvalue weighted by atomic mass is 10.1. The van der Waals surface area contributed by atoms with E-state index in [2.05, 4.69) is 0 Å². The second-order valence-corrected chi connectivity index (χ2v) is 4.62. The molecule has 86 valence electrons. The Labute approximate surface area is 101 Å². The maximum atomic E-state index is 12.0. The Hall–Kier alpha value is -1.02. The van der Waals surface area contributed by atoms with Gasteiger partial charge in [0, 0.05) is 18.1 Å². The van der Waals surface area contributed by atoms with Gasteiger partial charge in [-0.25, -0.2) is 0 Å². The molecule has 1 aromatic carbocycles. The number of benzene rings is 1. The first-order valence-electron chi connectivity index (χ1n) is 5.78. The zero-order valence-electron chi connectivity index (χ0n) is 9.29. The monoisotopic (exact) mass is 237 g/mol. The Morgan fingerprint density at radius 2 is 1.88 bits per heavy atom. The van der Waals surface area contributed by atoms with Gasteiger partial charge in [-0.2, -0.15) is 0 Å². The predicted octanol–water partition coefficient (Wildman–Crippen LogP) is 2.90. The van der Waals surface area contributed by atoms with Gasteiger partial charge in [-0.15, -0.1) is 0 Å². The fourth-order valence-corrected chi connectivity index (χ4v) is 2.26. The van der Waals surface area contributed by atoms with Crippen LogP contribution in [0.3, 0.4) is 0 Å². The van der Waals surface area contributed by atoms with Crippen molar-refractivity contribution in [2.75, 3.05) is 13.1 Å². The summed E-state index contributed by atoms with van der Waals surface area (Å²) < 4.78 is 0. The van der Waals surface area contributed by atoms with Crippen molar-refractivity contribution in [2.24, 2.45) is 0 Å². The lowest BCUT2D eigenvalue weighted by molar-refractivity contribution is -0.131. The second-order valence-electron chi connectivity index (χ2n) is 4.21. The lowest BCUT2D eigenvalue weighted by Gasteiger charge is -2.26. The molecule has 1 aromatic rings. The summed E-state index contributed by atoms with van der Waals surface area (Å²) in [5.41, 5.74) is 0.930. The number of halogens is 1. The van der Waals surface area contributed by atoms with Crippen molar-refractivity contribution in [3.05, 3.63) is 34.9 Å². The summed E-state index contributed by atoms with van der Waals surface area (Å²) in [7, 11) is 0. The summed E-state index contributed by atoms with van der Waals surface area (Å²) >= 11 is 6.04. The molecule has 0 bridgehead atoms. The van der Waals surface area contributed by atoms with E-state index in [4.69, 9.17) is 11.6 Å². The molecular formula is C13H16ClNO. The standard InChI is InChI=1S/C13H16ClNO/c14-12-7-3-2-6-11(12)10-13(16)15-8-4-1-5-9-15/h2-3,6-7H,1,4-5,8-10H2. The molecule has 0 radical (unpaired) electrons. The van der Waals surface area contributed by atoms with Crippen molar-refractivity contribution < 1.29 is 4.79 Å². The van der Waals surface area contributed by atoms with Gasteiger partial charge in [0.2, 0.25) is 5.91 Å². The molecule has 0 aromatic heterocycles. The third-order valence-electron chi connectivity index (χ3n) is 3.01. The number of rotatable bonds is 2. The number of carbonyl (C=O) groups excluding carboxylic acids is 1. The Morgan fingerprint density at radius 1 is 1.19 bits per heavy atom. The van der Waals surface area contributed by atoms with Crippen molar-refractivity contribution in [3.63, 3.8) is 0 Å². The third kappa shape index (κ3) is 2.76. The largest absolute Gasteiger partial charge is 0.342 e. The number of hydrogen-bond acceptors (Lipinski definition) is 1. The van der Waals surface area contributed by atoms with E-state index < -0.39 is 0 Å². The fourth-order valence-electron chi connectivity index (χ4n) is 2.06. The van der Waals surface area contributed by atoms with Crippen molar-refractivity contribution in [3.8, 4) is 0 Å². The summed E-state index contributed by atoms with van der Waals surface area (Å²) in [6.45, 7) is 1.81. The summed E-state index contributed by atoms with van der Waals surface area (Å²) in [6.07, 6.45) is 3.94. The predicted molar refractivity (Wildman–Crippen MR) is 65.6 cm³/mol. The van der Waals surface area contributed by atoms with Crippen molar-refractivity contribution in [1.29, 1.82) is 0 Å². The van der Waals surface area contributed by atoms with Gasteiger partial charge in [-0.3, -0.25) is 4.79 Å². The van der Waals surface area contributed by atoms with E-state index in [-0.39, 0.29) is 5.91 Å². The van der Waals surface area contributed by atoms with Crippen LogP contribution in [-0.4, -0.2) is 23.9 Å². The smallest absolute Gasteiger partial charge is 0.227 e. The Bertz CT molecular complexity index is 372. The summed E-state index contributed by atoms with van der Waals surface area (Å²) in [5, 5.41) is 0.688. The molecule has 2 rings (SSSR count). The van der Waals surface area contributed by atoms with Gasteiger partial charge in [-0.1, -0.05) is 29.8 Å². The quantitative estimate of drug-likeness (QED) is 0.775. The molecule has 0 unspecified atom stereocenters. The van der Waals surface area contributed by atoms with Crippen LogP contribution in [0.15, 0.2) is 24.3 Å². The van der Waals surface area contributed by atoms with E-state index in [1.165, 1.54) is 6.42 Å². The number of carbonyl (C=O) groups is 1. The highest BCUT2D eigenvalue weighted by Crippen LogP contribution is 2.17. The highest BCUT2D eigenvalue weighted by atomic mass is 35.5. The van der Waals surface area contributed by atoms with Gasteiger partial charge in [-0.05, 0) is 30.9 Å². The summed E-state index contributed by atoms with van der Waals surface area (Å²) in [6, 6.07) is 7.56. The molecule has 1 saturated heterocycles. The average molecular weight is 238 g/mol. The SMILES string of the molecule is O=C(Cc1ccccc1Cl)N1CCCCC1. The van der Waals surface area contributed by atoms with Crippen LogP contribution < -0.4 is 0 Å². The topological polar surface area (TPSA) is 20.3 Å². The Kier molecular flexibility index (Phi) is 3.83.